The van der Waals surface area contributed by atoms with Crippen molar-refractivity contribution in [3.8, 4) is 0 Å². The molecule has 132 valence electrons. The number of para-hydroxylation sites is 1. The Morgan fingerprint density at radius 2 is 1.62 bits per heavy atom. The minimum atomic E-state index is -0.144. The van der Waals surface area contributed by atoms with Gasteiger partial charge in [-0.1, -0.05) is 32.0 Å². The van der Waals surface area contributed by atoms with Crippen LogP contribution in [-0.2, 0) is 9.59 Å². The molecule has 0 saturated carbocycles. The first-order valence-corrected chi connectivity index (χ1v) is 8.64. The van der Waals surface area contributed by atoms with E-state index in [4.69, 9.17) is 0 Å². The molecule has 0 radical (unpaired) electrons. The second kappa shape index (κ2) is 9.27. The zero-order chi connectivity index (χ0) is 17.4. The lowest BCUT2D eigenvalue weighted by atomic mass is 10.1. The van der Waals surface area contributed by atoms with Crippen molar-refractivity contribution in [2.75, 3.05) is 37.6 Å². The van der Waals surface area contributed by atoms with Crippen LogP contribution in [0.4, 0.5) is 5.69 Å². The summed E-state index contributed by atoms with van der Waals surface area (Å²) in [6.07, 6.45) is 0.815. The van der Waals surface area contributed by atoms with E-state index >= 15 is 0 Å². The van der Waals surface area contributed by atoms with Crippen molar-refractivity contribution in [2.24, 2.45) is 5.92 Å². The van der Waals surface area contributed by atoms with Crippen molar-refractivity contribution in [2.45, 2.75) is 26.7 Å². The van der Waals surface area contributed by atoms with Crippen LogP contribution in [0.25, 0.3) is 0 Å². The van der Waals surface area contributed by atoms with E-state index in [1.165, 1.54) is 5.69 Å². The normalized spacial score (nSPS) is 15.4. The van der Waals surface area contributed by atoms with Gasteiger partial charge in [-0.3, -0.25) is 25.3 Å². The maximum atomic E-state index is 11.8. The van der Waals surface area contributed by atoms with Crippen molar-refractivity contribution >= 4 is 17.5 Å². The van der Waals surface area contributed by atoms with Crippen LogP contribution in [0.2, 0.25) is 0 Å². The third-order valence-corrected chi connectivity index (χ3v) is 4.08. The Balaban J connectivity index is 1.62. The molecule has 0 bridgehead atoms. The van der Waals surface area contributed by atoms with Gasteiger partial charge < -0.3 is 4.90 Å². The van der Waals surface area contributed by atoms with Gasteiger partial charge in [0.05, 0.1) is 0 Å². The molecule has 1 fully saturated rings. The fourth-order valence-electron chi connectivity index (χ4n) is 2.75. The van der Waals surface area contributed by atoms with E-state index in [0.717, 1.165) is 26.2 Å². The van der Waals surface area contributed by atoms with Crippen molar-refractivity contribution < 1.29 is 9.59 Å². The Bertz CT molecular complexity index is 525. The van der Waals surface area contributed by atoms with Gasteiger partial charge in [0.15, 0.2) is 0 Å². The van der Waals surface area contributed by atoms with Gasteiger partial charge in [-0.15, -0.1) is 0 Å². The summed E-state index contributed by atoms with van der Waals surface area (Å²) in [6.45, 7) is 8.48. The van der Waals surface area contributed by atoms with Gasteiger partial charge in [0.1, 0.15) is 0 Å². The molecule has 0 unspecified atom stereocenters. The smallest absolute Gasteiger partial charge is 0.239 e. The van der Waals surface area contributed by atoms with Gasteiger partial charge in [0.25, 0.3) is 0 Å². The lowest BCUT2D eigenvalue weighted by molar-refractivity contribution is -0.129. The summed E-state index contributed by atoms with van der Waals surface area (Å²) < 4.78 is 0. The molecule has 2 rings (SSSR count). The quantitative estimate of drug-likeness (QED) is 0.773. The standard InChI is InChI=1S/C18H28N4O2/c1-15(2)14-18(24)20-19-17(23)8-9-21-10-12-22(13-11-21)16-6-4-3-5-7-16/h3-7,15H,8-14H2,1-2H3,(H,19,23)(H,20,24). The largest absolute Gasteiger partial charge is 0.369 e. The Hall–Kier alpha value is -2.08. The Kier molecular flexibility index (Phi) is 7.06. The molecule has 1 aromatic carbocycles. The molecule has 6 nitrogen and oxygen atoms in total. The van der Waals surface area contributed by atoms with Crippen molar-refractivity contribution in [1.82, 2.24) is 15.8 Å². The summed E-state index contributed by atoms with van der Waals surface area (Å²) in [7, 11) is 0. The van der Waals surface area contributed by atoms with Crippen LogP contribution in [0.3, 0.4) is 0 Å². The van der Waals surface area contributed by atoms with Gasteiger partial charge in [-0.05, 0) is 18.1 Å². The number of benzene rings is 1. The van der Waals surface area contributed by atoms with Crippen LogP contribution in [0, 0.1) is 5.92 Å². The molecule has 0 aliphatic carbocycles. The van der Waals surface area contributed by atoms with E-state index in [-0.39, 0.29) is 17.7 Å². The monoisotopic (exact) mass is 332 g/mol. The van der Waals surface area contributed by atoms with Gasteiger partial charge in [0, 0.05) is 51.3 Å². The maximum Gasteiger partial charge on any atom is 0.239 e. The average Bonchev–Trinajstić information content (AvgIpc) is 2.59. The Morgan fingerprint density at radius 1 is 1.00 bits per heavy atom. The molecular weight excluding hydrogens is 304 g/mol. The SMILES string of the molecule is CC(C)CC(=O)NNC(=O)CCN1CCN(c2ccccc2)CC1. The van der Waals surface area contributed by atoms with Crippen LogP contribution >= 0.6 is 0 Å². The van der Waals surface area contributed by atoms with Crippen molar-refractivity contribution in [3.05, 3.63) is 30.3 Å². The molecule has 24 heavy (non-hydrogen) atoms. The topological polar surface area (TPSA) is 64.7 Å². The molecule has 0 spiro atoms. The number of carbonyl (C=O) groups excluding carboxylic acids is 2. The highest BCUT2D eigenvalue weighted by Gasteiger charge is 2.17. The molecule has 1 aliphatic heterocycles. The number of rotatable bonds is 6. The van der Waals surface area contributed by atoms with Crippen LogP contribution in [0.15, 0.2) is 30.3 Å². The van der Waals surface area contributed by atoms with E-state index in [1.54, 1.807) is 0 Å². The molecule has 0 atom stereocenters. The lowest BCUT2D eigenvalue weighted by Gasteiger charge is -2.36. The number of nitrogens with zero attached hydrogens (tertiary/aromatic N) is 2. The molecule has 0 aromatic heterocycles. The molecule has 6 heteroatoms. The lowest BCUT2D eigenvalue weighted by Crippen LogP contribution is -2.48. The molecule has 2 amide bonds. The maximum absolute atomic E-state index is 11.8. The van der Waals surface area contributed by atoms with E-state index in [9.17, 15) is 9.59 Å². The minimum absolute atomic E-state index is 0.141. The second-order valence-corrected chi connectivity index (χ2v) is 6.61. The molecular formula is C18H28N4O2. The summed E-state index contributed by atoms with van der Waals surface area (Å²) in [4.78, 5) is 27.9. The number of anilines is 1. The van der Waals surface area contributed by atoms with E-state index in [0.29, 0.717) is 19.4 Å². The number of amides is 2. The van der Waals surface area contributed by atoms with Crippen LogP contribution in [0.5, 0.6) is 0 Å². The zero-order valence-electron chi connectivity index (χ0n) is 14.6. The summed E-state index contributed by atoms with van der Waals surface area (Å²) in [5.41, 5.74) is 6.20. The second-order valence-electron chi connectivity index (χ2n) is 6.61. The van der Waals surface area contributed by atoms with Gasteiger partial charge in [0.2, 0.25) is 11.8 Å². The van der Waals surface area contributed by atoms with Gasteiger partial charge in [-0.25, -0.2) is 0 Å². The zero-order valence-corrected chi connectivity index (χ0v) is 14.6. The van der Waals surface area contributed by atoms with Crippen LogP contribution in [0.1, 0.15) is 26.7 Å². The minimum Gasteiger partial charge on any atom is -0.369 e. The first-order chi connectivity index (χ1) is 11.5. The van der Waals surface area contributed by atoms with Gasteiger partial charge >= 0.3 is 0 Å². The highest BCUT2D eigenvalue weighted by molar-refractivity contribution is 5.82. The number of hydrogen-bond donors (Lipinski definition) is 2. The summed E-state index contributed by atoms with van der Waals surface area (Å²) in [5.74, 6) is -0.00441. The number of carbonyl (C=O) groups is 2. The fraction of sp³-hybridized carbons (Fsp3) is 0.556. The third-order valence-electron chi connectivity index (χ3n) is 4.08. The molecule has 1 heterocycles. The first-order valence-electron chi connectivity index (χ1n) is 8.64. The van der Waals surface area contributed by atoms with Crippen molar-refractivity contribution in [3.63, 3.8) is 0 Å². The molecule has 1 aromatic rings. The summed E-state index contributed by atoms with van der Waals surface area (Å²) in [5, 5.41) is 0. The van der Waals surface area contributed by atoms with E-state index in [2.05, 4.69) is 44.9 Å². The van der Waals surface area contributed by atoms with Gasteiger partial charge in [-0.2, -0.15) is 0 Å². The summed E-state index contributed by atoms with van der Waals surface area (Å²) in [6, 6.07) is 10.4. The first kappa shape index (κ1) is 18.3. The van der Waals surface area contributed by atoms with E-state index in [1.807, 2.05) is 19.9 Å². The fourth-order valence-corrected chi connectivity index (χ4v) is 2.75. The van der Waals surface area contributed by atoms with E-state index < -0.39 is 0 Å². The number of hydrazine groups is 1. The van der Waals surface area contributed by atoms with Crippen molar-refractivity contribution in [1.29, 1.82) is 0 Å². The highest BCUT2D eigenvalue weighted by Crippen LogP contribution is 2.15. The average molecular weight is 332 g/mol. The third kappa shape index (κ3) is 6.20. The molecule has 1 saturated heterocycles. The highest BCUT2D eigenvalue weighted by atomic mass is 16.2. The number of hydrogen-bond acceptors (Lipinski definition) is 4. The molecule has 1 aliphatic rings. The Labute approximate surface area is 144 Å². The van der Waals surface area contributed by atoms with Crippen LogP contribution in [-0.4, -0.2) is 49.4 Å². The number of nitrogens with one attached hydrogen (secondary N) is 2. The Morgan fingerprint density at radius 3 is 2.25 bits per heavy atom. The predicted octanol–water partition coefficient (Wildman–Crippen LogP) is 1.39. The number of piperazine rings is 1. The van der Waals surface area contributed by atoms with Crippen LogP contribution < -0.4 is 15.8 Å². The summed E-state index contributed by atoms with van der Waals surface area (Å²) >= 11 is 0. The predicted molar refractivity (Wildman–Crippen MR) is 95.5 cm³/mol. The molecule has 2 N–H and O–H groups in total.